The normalized spacial score (nSPS) is 26.0. The van der Waals surface area contributed by atoms with Gasteiger partial charge in [0, 0.05) is 19.7 Å². The standard InChI is InChI=1S/C9H19NO2/c1-12-8-9-4-2-3-5-10(9)6-7-11/h9,11H,2-8H2,1H3/t9-/m0/s1. The number of rotatable bonds is 4. The predicted molar refractivity (Wildman–Crippen MR) is 48.2 cm³/mol. The number of hydrogen-bond donors (Lipinski definition) is 1. The van der Waals surface area contributed by atoms with Crippen LogP contribution in [0, 0.1) is 0 Å². The summed E-state index contributed by atoms with van der Waals surface area (Å²) in [5.41, 5.74) is 0. The molecule has 1 rings (SSSR count). The van der Waals surface area contributed by atoms with Gasteiger partial charge in [-0.15, -0.1) is 0 Å². The predicted octanol–water partition coefficient (Wildman–Crippen LogP) is 0.480. The molecule has 3 heteroatoms. The second-order valence-corrected chi connectivity index (χ2v) is 3.36. The lowest BCUT2D eigenvalue weighted by Gasteiger charge is -2.34. The van der Waals surface area contributed by atoms with E-state index in [1.807, 2.05) is 0 Å². The highest BCUT2D eigenvalue weighted by Gasteiger charge is 2.20. The quantitative estimate of drug-likeness (QED) is 0.671. The Hall–Kier alpha value is -0.120. The molecular weight excluding hydrogens is 154 g/mol. The summed E-state index contributed by atoms with van der Waals surface area (Å²) in [4.78, 5) is 2.33. The molecule has 12 heavy (non-hydrogen) atoms. The van der Waals surface area contributed by atoms with Crippen LogP contribution in [0.15, 0.2) is 0 Å². The van der Waals surface area contributed by atoms with Gasteiger partial charge in [0.25, 0.3) is 0 Å². The molecule has 1 fully saturated rings. The van der Waals surface area contributed by atoms with Gasteiger partial charge in [0.15, 0.2) is 0 Å². The van der Waals surface area contributed by atoms with Gasteiger partial charge in [-0.1, -0.05) is 6.42 Å². The van der Waals surface area contributed by atoms with Gasteiger partial charge < -0.3 is 9.84 Å². The largest absolute Gasteiger partial charge is 0.395 e. The molecule has 1 saturated heterocycles. The number of β-amino-alcohol motifs (C(OH)–C–C–N with tert-alkyl or cyclic N) is 1. The number of piperidine rings is 1. The van der Waals surface area contributed by atoms with Gasteiger partial charge in [-0.05, 0) is 19.4 Å². The van der Waals surface area contributed by atoms with E-state index in [9.17, 15) is 0 Å². The number of ether oxygens (including phenoxy) is 1. The highest BCUT2D eigenvalue weighted by atomic mass is 16.5. The molecule has 0 spiro atoms. The molecule has 1 aliphatic rings. The van der Waals surface area contributed by atoms with Gasteiger partial charge >= 0.3 is 0 Å². The van der Waals surface area contributed by atoms with Crippen molar-refractivity contribution >= 4 is 0 Å². The van der Waals surface area contributed by atoms with Crippen LogP contribution < -0.4 is 0 Å². The van der Waals surface area contributed by atoms with E-state index in [0.717, 1.165) is 19.7 Å². The molecule has 0 saturated carbocycles. The van der Waals surface area contributed by atoms with Crippen LogP contribution in [0.4, 0.5) is 0 Å². The molecule has 1 atom stereocenters. The van der Waals surface area contributed by atoms with Crippen molar-refractivity contribution in [3.05, 3.63) is 0 Å². The fourth-order valence-corrected chi connectivity index (χ4v) is 1.86. The molecular formula is C9H19NO2. The Balaban J connectivity index is 2.31. The zero-order valence-corrected chi connectivity index (χ0v) is 7.83. The van der Waals surface area contributed by atoms with Crippen molar-refractivity contribution in [2.75, 3.05) is 33.4 Å². The van der Waals surface area contributed by atoms with Crippen LogP contribution in [0.3, 0.4) is 0 Å². The third-order valence-corrected chi connectivity index (χ3v) is 2.50. The lowest BCUT2D eigenvalue weighted by Crippen LogP contribution is -2.43. The summed E-state index contributed by atoms with van der Waals surface area (Å²) in [5.74, 6) is 0. The van der Waals surface area contributed by atoms with Crippen LogP contribution in [0.1, 0.15) is 19.3 Å². The van der Waals surface area contributed by atoms with Crippen molar-refractivity contribution < 1.29 is 9.84 Å². The Morgan fingerprint density at radius 1 is 1.50 bits per heavy atom. The van der Waals surface area contributed by atoms with Crippen LogP contribution in [0.5, 0.6) is 0 Å². The first-order valence-corrected chi connectivity index (χ1v) is 4.72. The van der Waals surface area contributed by atoms with Crippen LogP contribution in [-0.4, -0.2) is 49.5 Å². The van der Waals surface area contributed by atoms with Crippen molar-refractivity contribution in [3.63, 3.8) is 0 Å². The Labute approximate surface area is 74.3 Å². The van der Waals surface area contributed by atoms with Gasteiger partial charge in [-0.3, -0.25) is 4.90 Å². The van der Waals surface area contributed by atoms with Crippen LogP contribution in [0.25, 0.3) is 0 Å². The van der Waals surface area contributed by atoms with Gasteiger partial charge in [0.05, 0.1) is 13.2 Å². The van der Waals surface area contributed by atoms with Crippen LogP contribution in [-0.2, 0) is 4.74 Å². The van der Waals surface area contributed by atoms with Gasteiger partial charge in [0.1, 0.15) is 0 Å². The van der Waals surface area contributed by atoms with Crippen molar-refractivity contribution in [1.82, 2.24) is 4.90 Å². The molecule has 0 aromatic carbocycles. The van der Waals surface area contributed by atoms with Crippen molar-refractivity contribution in [1.29, 1.82) is 0 Å². The molecule has 0 unspecified atom stereocenters. The molecule has 3 nitrogen and oxygen atoms in total. The van der Waals surface area contributed by atoms with E-state index in [1.165, 1.54) is 19.3 Å². The lowest BCUT2D eigenvalue weighted by molar-refractivity contribution is 0.0535. The van der Waals surface area contributed by atoms with E-state index in [-0.39, 0.29) is 6.61 Å². The second-order valence-electron chi connectivity index (χ2n) is 3.36. The Kier molecular flexibility index (Phi) is 4.58. The fourth-order valence-electron chi connectivity index (χ4n) is 1.86. The summed E-state index contributed by atoms with van der Waals surface area (Å²) in [6.45, 7) is 2.99. The average Bonchev–Trinajstić information content (AvgIpc) is 2.09. The summed E-state index contributed by atoms with van der Waals surface area (Å²) < 4.78 is 5.13. The molecule has 0 aliphatic carbocycles. The third kappa shape index (κ3) is 2.73. The molecule has 1 aliphatic heterocycles. The molecule has 1 heterocycles. The van der Waals surface area contributed by atoms with Gasteiger partial charge in [-0.2, -0.15) is 0 Å². The number of methoxy groups -OCH3 is 1. The maximum absolute atomic E-state index is 8.82. The molecule has 0 aromatic heterocycles. The minimum atomic E-state index is 0.264. The number of aliphatic hydroxyl groups excluding tert-OH is 1. The Morgan fingerprint density at radius 3 is 3.00 bits per heavy atom. The maximum atomic E-state index is 8.82. The van der Waals surface area contributed by atoms with Crippen LogP contribution >= 0.6 is 0 Å². The summed E-state index contributed by atoms with van der Waals surface area (Å²) in [6, 6.07) is 0.538. The minimum Gasteiger partial charge on any atom is -0.395 e. The first-order chi connectivity index (χ1) is 5.88. The van der Waals surface area contributed by atoms with Crippen LogP contribution in [0.2, 0.25) is 0 Å². The minimum absolute atomic E-state index is 0.264. The molecule has 72 valence electrons. The summed E-state index contributed by atoms with van der Waals surface area (Å²) in [6.07, 6.45) is 3.78. The average molecular weight is 173 g/mol. The van der Waals surface area contributed by atoms with Crippen molar-refractivity contribution in [3.8, 4) is 0 Å². The van der Waals surface area contributed by atoms with Crippen molar-refractivity contribution in [2.45, 2.75) is 25.3 Å². The van der Waals surface area contributed by atoms with E-state index in [2.05, 4.69) is 4.90 Å². The van der Waals surface area contributed by atoms with E-state index >= 15 is 0 Å². The Bertz CT molecular complexity index is 101. The first-order valence-electron chi connectivity index (χ1n) is 4.72. The maximum Gasteiger partial charge on any atom is 0.0618 e. The highest BCUT2D eigenvalue weighted by Crippen LogP contribution is 2.16. The lowest BCUT2D eigenvalue weighted by atomic mass is 10.0. The number of likely N-dealkylation sites (tertiary alicyclic amines) is 1. The van der Waals surface area contributed by atoms with E-state index < -0.39 is 0 Å². The topological polar surface area (TPSA) is 32.7 Å². The number of nitrogens with zero attached hydrogens (tertiary/aromatic N) is 1. The zero-order chi connectivity index (χ0) is 8.81. The summed E-state index contributed by atoms with van der Waals surface area (Å²) in [5, 5.41) is 8.82. The summed E-state index contributed by atoms with van der Waals surface area (Å²) >= 11 is 0. The highest BCUT2D eigenvalue weighted by molar-refractivity contribution is 4.75. The van der Waals surface area contributed by atoms with Gasteiger partial charge in [0.2, 0.25) is 0 Å². The Morgan fingerprint density at radius 2 is 2.33 bits per heavy atom. The molecule has 0 bridgehead atoms. The van der Waals surface area contributed by atoms with Crippen molar-refractivity contribution in [2.24, 2.45) is 0 Å². The van der Waals surface area contributed by atoms with Gasteiger partial charge in [-0.25, -0.2) is 0 Å². The molecule has 1 N–H and O–H groups in total. The third-order valence-electron chi connectivity index (χ3n) is 2.50. The summed E-state index contributed by atoms with van der Waals surface area (Å²) in [7, 11) is 1.74. The monoisotopic (exact) mass is 173 g/mol. The van der Waals surface area contributed by atoms with E-state index in [0.29, 0.717) is 6.04 Å². The molecule has 0 amide bonds. The second kappa shape index (κ2) is 5.51. The van der Waals surface area contributed by atoms with E-state index in [1.54, 1.807) is 7.11 Å². The first kappa shape index (κ1) is 9.96. The fraction of sp³-hybridized carbons (Fsp3) is 1.00. The molecule has 0 radical (unpaired) electrons. The smallest absolute Gasteiger partial charge is 0.0618 e. The zero-order valence-electron chi connectivity index (χ0n) is 7.83. The van der Waals surface area contributed by atoms with E-state index in [4.69, 9.17) is 9.84 Å². The number of aliphatic hydroxyl groups is 1. The molecule has 0 aromatic rings. The SMILES string of the molecule is COC[C@@H]1CCCCN1CCO. The number of hydrogen-bond acceptors (Lipinski definition) is 3.